The molecule has 0 radical (unpaired) electrons. The van der Waals surface area contributed by atoms with Gasteiger partial charge in [0.05, 0.1) is 0 Å². The largest absolute Gasteiger partial charge is 0.361 e. The Kier molecular flexibility index (Phi) is 2.04. The highest BCUT2D eigenvalue weighted by atomic mass is 15.0. The molecule has 0 spiro atoms. The van der Waals surface area contributed by atoms with Gasteiger partial charge in [-0.2, -0.15) is 0 Å². The number of anilines is 2. The van der Waals surface area contributed by atoms with Crippen molar-refractivity contribution in [2.24, 2.45) is 0 Å². The minimum atomic E-state index is 0.796. The molecule has 0 saturated carbocycles. The number of hydrogen-bond acceptors (Lipinski definition) is 3. The Morgan fingerprint density at radius 2 is 2.12 bits per heavy atom. The first kappa shape index (κ1) is 8.91. The van der Waals surface area contributed by atoms with Gasteiger partial charge in [0.2, 0.25) is 0 Å². The van der Waals surface area contributed by atoms with Crippen LogP contribution in [0.15, 0.2) is 49.1 Å². The molecule has 3 aromatic rings. The van der Waals surface area contributed by atoms with E-state index in [0.717, 1.165) is 17.0 Å². The van der Waals surface area contributed by atoms with Gasteiger partial charge in [0.15, 0.2) is 0 Å². The second-order valence-electron chi connectivity index (χ2n) is 3.50. The molecule has 0 aliphatic carbocycles. The Morgan fingerprint density at radius 3 is 3.00 bits per heavy atom. The molecule has 0 aliphatic heterocycles. The lowest BCUT2D eigenvalue weighted by molar-refractivity contribution is 1.17. The lowest BCUT2D eigenvalue weighted by Crippen LogP contribution is -1.92. The van der Waals surface area contributed by atoms with Crippen LogP contribution in [0.5, 0.6) is 0 Å². The maximum absolute atomic E-state index is 4.11. The van der Waals surface area contributed by atoms with Crippen molar-refractivity contribution in [1.29, 1.82) is 0 Å². The highest BCUT2D eigenvalue weighted by molar-refractivity contribution is 5.83. The molecule has 0 saturated heterocycles. The van der Waals surface area contributed by atoms with Gasteiger partial charge in [0.1, 0.15) is 12.1 Å². The van der Waals surface area contributed by atoms with E-state index in [1.807, 2.05) is 30.5 Å². The van der Waals surface area contributed by atoms with E-state index in [-0.39, 0.29) is 0 Å². The summed E-state index contributed by atoms with van der Waals surface area (Å²) in [6.07, 6.45) is 5.17. The van der Waals surface area contributed by atoms with Crippen molar-refractivity contribution in [3.05, 3.63) is 49.1 Å². The highest BCUT2D eigenvalue weighted by Gasteiger charge is 1.98. The Balaban J connectivity index is 1.94. The predicted molar refractivity (Wildman–Crippen MR) is 63.6 cm³/mol. The Hall–Kier alpha value is -2.36. The number of rotatable bonds is 2. The van der Waals surface area contributed by atoms with Crippen molar-refractivity contribution in [3.8, 4) is 0 Å². The van der Waals surface area contributed by atoms with E-state index >= 15 is 0 Å². The molecule has 0 atom stereocenters. The molecule has 0 aliphatic rings. The molecule has 0 unspecified atom stereocenters. The topological polar surface area (TPSA) is 53.6 Å². The van der Waals surface area contributed by atoms with Crippen LogP contribution in [0.4, 0.5) is 11.5 Å². The normalized spacial score (nSPS) is 10.5. The summed E-state index contributed by atoms with van der Waals surface area (Å²) >= 11 is 0. The van der Waals surface area contributed by atoms with Crippen LogP contribution in [0.3, 0.4) is 0 Å². The van der Waals surface area contributed by atoms with Crippen molar-refractivity contribution in [2.75, 3.05) is 5.32 Å². The minimum Gasteiger partial charge on any atom is -0.361 e. The van der Waals surface area contributed by atoms with Crippen molar-refractivity contribution in [1.82, 2.24) is 15.0 Å². The molecule has 0 bridgehead atoms. The van der Waals surface area contributed by atoms with Gasteiger partial charge < -0.3 is 10.3 Å². The monoisotopic (exact) mass is 210 g/mol. The highest BCUT2D eigenvalue weighted by Crippen LogP contribution is 2.20. The number of H-pyrrole nitrogens is 1. The van der Waals surface area contributed by atoms with Crippen LogP contribution < -0.4 is 5.32 Å². The van der Waals surface area contributed by atoms with Crippen LogP contribution in [0.2, 0.25) is 0 Å². The molecular weight excluding hydrogens is 200 g/mol. The summed E-state index contributed by atoms with van der Waals surface area (Å²) in [5.74, 6) is 0.796. The molecule has 16 heavy (non-hydrogen) atoms. The zero-order valence-electron chi connectivity index (χ0n) is 8.51. The molecule has 2 heterocycles. The summed E-state index contributed by atoms with van der Waals surface area (Å²) in [7, 11) is 0. The lowest BCUT2D eigenvalue weighted by Gasteiger charge is -2.04. The average molecular weight is 210 g/mol. The summed E-state index contributed by atoms with van der Waals surface area (Å²) in [6, 6.07) is 10.0. The van der Waals surface area contributed by atoms with Gasteiger partial charge in [-0.3, -0.25) is 0 Å². The average Bonchev–Trinajstić information content (AvgIpc) is 2.77. The number of hydrogen-bond donors (Lipinski definition) is 2. The molecule has 0 amide bonds. The van der Waals surface area contributed by atoms with E-state index in [1.165, 1.54) is 11.7 Å². The zero-order chi connectivity index (χ0) is 10.8. The Bertz CT molecular complexity index is 600. The summed E-state index contributed by atoms with van der Waals surface area (Å²) in [6.45, 7) is 0. The first-order valence-electron chi connectivity index (χ1n) is 5.02. The van der Waals surface area contributed by atoms with Crippen molar-refractivity contribution < 1.29 is 0 Å². The molecule has 0 fully saturated rings. The zero-order valence-corrected chi connectivity index (χ0v) is 8.51. The van der Waals surface area contributed by atoms with E-state index in [4.69, 9.17) is 0 Å². The third-order valence-electron chi connectivity index (χ3n) is 2.41. The standard InChI is InChI=1S/C12H10N4/c1-2-11-9(3-6-14-11)7-10(1)16-12-4-5-13-8-15-12/h1-8,14H,(H,13,15,16). The van der Waals surface area contributed by atoms with Gasteiger partial charge in [-0.15, -0.1) is 0 Å². The summed E-state index contributed by atoms with van der Waals surface area (Å²) in [5.41, 5.74) is 2.15. The van der Waals surface area contributed by atoms with E-state index in [2.05, 4.69) is 26.3 Å². The van der Waals surface area contributed by atoms with Crippen molar-refractivity contribution in [2.45, 2.75) is 0 Å². The summed E-state index contributed by atoms with van der Waals surface area (Å²) in [5, 5.41) is 4.40. The molecule has 2 N–H and O–H groups in total. The molecule has 3 rings (SSSR count). The van der Waals surface area contributed by atoms with Crippen molar-refractivity contribution in [3.63, 3.8) is 0 Å². The van der Waals surface area contributed by atoms with Crippen LogP contribution >= 0.6 is 0 Å². The second kappa shape index (κ2) is 3.66. The fourth-order valence-electron chi connectivity index (χ4n) is 1.64. The molecule has 78 valence electrons. The second-order valence-corrected chi connectivity index (χ2v) is 3.50. The molecule has 4 heteroatoms. The minimum absolute atomic E-state index is 0.796. The van der Waals surface area contributed by atoms with Crippen LogP contribution in [-0.4, -0.2) is 15.0 Å². The summed E-state index contributed by atoms with van der Waals surface area (Å²) in [4.78, 5) is 11.1. The fourth-order valence-corrected chi connectivity index (χ4v) is 1.64. The Morgan fingerprint density at radius 1 is 1.12 bits per heavy atom. The smallest absolute Gasteiger partial charge is 0.133 e. The van der Waals surface area contributed by atoms with Crippen molar-refractivity contribution >= 4 is 22.4 Å². The van der Waals surface area contributed by atoms with Crippen LogP contribution in [-0.2, 0) is 0 Å². The number of nitrogens with one attached hydrogen (secondary N) is 2. The van der Waals surface area contributed by atoms with Gasteiger partial charge in [-0.25, -0.2) is 9.97 Å². The maximum Gasteiger partial charge on any atom is 0.133 e. The third-order valence-corrected chi connectivity index (χ3v) is 2.41. The van der Waals surface area contributed by atoms with Gasteiger partial charge in [0.25, 0.3) is 0 Å². The van der Waals surface area contributed by atoms with Gasteiger partial charge in [0, 0.05) is 29.0 Å². The number of fused-ring (bicyclic) bond motifs is 1. The van der Waals surface area contributed by atoms with Gasteiger partial charge >= 0.3 is 0 Å². The predicted octanol–water partition coefficient (Wildman–Crippen LogP) is 2.70. The molecular formula is C12H10N4. The number of aromatic amines is 1. The first-order chi connectivity index (χ1) is 7.92. The van der Waals surface area contributed by atoms with Gasteiger partial charge in [-0.1, -0.05) is 0 Å². The van der Waals surface area contributed by atoms with E-state index in [0.29, 0.717) is 0 Å². The maximum atomic E-state index is 4.11. The van der Waals surface area contributed by atoms with Crippen LogP contribution in [0.25, 0.3) is 10.9 Å². The molecule has 1 aromatic carbocycles. The van der Waals surface area contributed by atoms with E-state index in [1.54, 1.807) is 6.20 Å². The third kappa shape index (κ3) is 1.61. The number of benzene rings is 1. The fraction of sp³-hybridized carbons (Fsp3) is 0. The van der Waals surface area contributed by atoms with Crippen LogP contribution in [0.1, 0.15) is 0 Å². The number of nitrogens with zero attached hydrogens (tertiary/aromatic N) is 2. The summed E-state index contributed by atoms with van der Waals surface area (Å²) < 4.78 is 0. The van der Waals surface area contributed by atoms with E-state index < -0.39 is 0 Å². The van der Waals surface area contributed by atoms with Gasteiger partial charge in [-0.05, 0) is 30.3 Å². The van der Waals surface area contributed by atoms with Crippen LogP contribution in [0, 0.1) is 0 Å². The molecule has 4 nitrogen and oxygen atoms in total. The quantitative estimate of drug-likeness (QED) is 0.683. The first-order valence-corrected chi connectivity index (χ1v) is 5.02. The SMILES string of the molecule is c1cc(Nc2ccc3[nH]ccc3c2)ncn1. The van der Waals surface area contributed by atoms with E-state index in [9.17, 15) is 0 Å². The number of aromatic nitrogens is 3. The lowest BCUT2D eigenvalue weighted by atomic mass is 10.2. The Labute approximate surface area is 92.4 Å². The molecule has 2 aromatic heterocycles.